The van der Waals surface area contributed by atoms with Crippen molar-refractivity contribution in [2.45, 2.75) is 38.0 Å². The third-order valence-corrected chi connectivity index (χ3v) is 4.93. The second-order valence-electron chi connectivity index (χ2n) is 6.23. The highest BCUT2D eigenvalue weighted by Crippen LogP contribution is 2.40. The maximum absolute atomic E-state index is 6.14. The zero-order chi connectivity index (χ0) is 14.4. The van der Waals surface area contributed by atoms with Crippen LogP contribution in [0.4, 0.5) is 0 Å². The number of nitrogens with two attached hydrogens (primary N) is 1. The topological polar surface area (TPSA) is 97.8 Å². The Labute approximate surface area is 122 Å². The van der Waals surface area contributed by atoms with Crippen molar-refractivity contribution in [2.24, 2.45) is 11.7 Å². The summed E-state index contributed by atoms with van der Waals surface area (Å²) >= 11 is 0. The molecule has 1 aliphatic carbocycles. The number of aromatic nitrogens is 6. The Morgan fingerprint density at radius 2 is 2.14 bits per heavy atom. The molecule has 0 atom stereocenters. The van der Waals surface area contributed by atoms with Crippen molar-refractivity contribution < 1.29 is 0 Å². The van der Waals surface area contributed by atoms with E-state index in [0.717, 1.165) is 35.7 Å². The van der Waals surface area contributed by atoms with Crippen molar-refractivity contribution in [3.63, 3.8) is 0 Å². The number of hydrogen-bond acceptors (Lipinski definition) is 5. The Morgan fingerprint density at radius 1 is 1.33 bits per heavy atom. The van der Waals surface area contributed by atoms with E-state index < -0.39 is 0 Å². The van der Waals surface area contributed by atoms with Crippen LogP contribution in [0.1, 0.15) is 38.4 Å². The first-order valence-electron chi connectivity index (χ1n) is 7.47. The summed E-state index contributed by atoms with van der Waals surface area (Å²) in [6, 6.07) is 0. The molecule has 3 N–H and O–H groups in total. The highest BCUT2D eigenvalue weighted by atomic mass is 15.3. The number of hydrogen-bond donors (Lipinski definition) is 2. The van der Waals surface area contributed by atoms with Gasteiger partial charge >= 0.3 is 0 Å². The zero-order valence-corrected chi connectivity index (χ0v) is 12.1. The van der Waals surface area contributed by atoms with Crippen LogP contribution < -0.4 is 5.73 Å². The molecule has 3 aromatic heterocycles. The SMILES string of the molecule is CC1CCC(CN)(c2nnc3c4[nH]cnc4ncn23)CC1. The third kappa shape index (κ3) is 1.77. The Kier molecular flexibility index (Phi) is 2.72. The smallest absolute Gasteiger partial charge is 0.189 e. The van der Waals surface area contributed by atoms with E-state index in [1.807, 2.05) is 4.40 Å². The summed E-state index contributed by atoms with van der Waals surface area (Å²) in [4.78, 5) is 11.6. The van der Waals surface area contributed by atoms with Crippen molar-refractivity contribution in [1.29, 1.82) is 0 Å². The van der Waals surface area contributed by atoms with Crippen LogP contribution >= 0.6 is 0 Å². The van der Waals surface area contributed by atoms with Gasteiger partial charge in [0.15, 0.2) is 11.3 Å². The lowest BCUT2D eigenvalue weighted by molar-refractivity contribution is 0.235. The number of rotatable bonds is 2. The van der Waals surface area contributed by atoms with Gasteiger partial charge in [-0.25, -0.2) is 9.97 Å². The Hall–Kier alpha value is -2.02. The second kappa shape index (κ2) is 4.49. The maximum atomic E-state index is 6.14. The molecule has 0 bridgehead atoms. The molecule has 3 aromatic rings. The first-order valence-corrected chi connectivity index (χ1v) is 7.47. The van der Waals surface area contributed by atoms with E-state index in [-0.39, 0.29) is 5.41 Å². The minimum Gasteiger partial charge on any atom is -0.340 e. The highest BCUT2D eigenvalue weighted by Gasteiger charge is 2.38. The highest BCUT2D eigenvalue weighted by molar-refractivity contribution is 5.84. The van der Waals surface area contributed by atoms with E-state index >= 15 is 0 Å². The molecule has 21 heavy (non-hydrogen) atoms. The normalized spacial score (nSPS) is 26.7. The first kappa shape index (κ1) is 12.7. The van der Waals surface area contributed by atoms with Crippen LogP contribution in [0, 0.1) is 5.92 Å². The number of imidazole rings is 1. The van der Waals surface area contributed by atoms with E-state index in [4.69, 9.17) is 5.73 Å². The van der Waals surface area contributed by atoms with Crippen molar-refractivity contribution in [2.75, 3.05) is 6.54 Å². The monoisotopic (exact) mass is 285 g/mol. The molecule has 1 fully saturated rings. The predicted molar refractivity (Wildman–Crippen MR) is 78.8 cm³/mol. The minimum absolute atomic E-state index is 0.0820. The van der Waals surface area contributed by atoms with Crippen LogP contribution in [0.5, 0.6) is 0 Å². The van der Waals surface area contributed by atoms with Gasteiger partial charge in [-0.1, -0.05) is 6.92 Å². The van der Waals surface area contributed by atoms with Crippen LogP contribution in [0.3, 0.4) is 0 Å². The van der Waals surface area contributed by atoms with Crippen molar-refractivity contribution in [1.82, 2.24) is 29.5 Å². The molecule has 4 rings (SSSR count). The molecule has 0 amide bonds. The Morgan fingerprint density at radius 3 is 2.90 bits per heavy atom. The average molecular weight is 285 g/mol. The van der Waals surface area contributed by atoms with E-state index in [0.29, 0.717) is 12.2 Å². The molecule has 7 nitrogen and oxygen atoms in total. The largest absolute Gasteiger partial charge is 0.340 e. The zero-order valence-electron chi connectivity index (χ0n) is 12.1. The number of aromatic amines is 1. The molecule has 0 unspecified atom stereocenters. The fourth-order valence-corrected chi connectivity index (χ4v) is 3.43. The van der Waals surface area contributed by atoms with Crippen molar-refractivity contribution in [3.05, 3.63) is 18.5 Å². The van der Waals surface area contributed by atoms with E-state index in [2.05, 4.69) is 32.1 Å². The van der Waals surface area contributed by atoms with Gasteiger partial charge in [0.05, 0.1) is 6.33 Å². The summed E-state index contributed by atoms with van der Waals surface area (Å²) in [6.45, 7) is 2.90. The van der Waals surface area contributed by atoms with E-state index in [9.17, 15) is 0 Å². The molecule has 7 heteroatoms. The summed E-state index contributed by atoms with van der Waals surface area (Å²) in [6.07, 6.45) is 7.90. The number of nitrogens with one attached hydrogen (secondary N) is 1. The molecular weight excluding hydrogens is 266 g/mol. The van der Waals surface area contributed by atoms with Gasteiger partial charge in [0, 0.05) is 12.0 Å². The van der Waals surface area contributed by atoms with Gasteiger partial charge in [0.25, 0.3) is 0 Å². The second-order valence-corrected chi connectivity index (χ2v) is 6.23. The molecule has 0 aliphatic heterocycles. The van der Waals surface area contributed by atoms with Gasteiger partial charge in [-0.05, 0) is 31.6 Å². The predicted octanol–water partition coefficient (Wildman–Crippen LogP) is 1.41. The lowest BCUT2D eigenvalue weighted by Crippen LogP contribution is -2.40. The summed E-state index contributed by atoms with van der Waals surface area (Å²) < 4.78 is 1.98. The molecule has 0 radical (unpaired) electrons. The number of nitrogens with zero attached hydrogens (tertiary/aromatic N) is 5. The lowest BCUT2D eigenvalue weighted by atomic mass is 9.70. The number of H-pyrrole nitrogens is 1. The van der Waals surface area contributed by atoms with E-state index in [1.54, 1.807) is 12.7 Å². The van der Waals surface area contributed by atoms with Gasteiger partial charge < -0.3 is 10.7 Å². The maximum Gasteiger partial charge on any atom is 0.189 e. The molecule has 3 heterocycles. The van der Waals surface area contributed by atoms with Gasteiger partial charge in [-0.3, -0.25) is 4.40 Å². The van der Waals surface area contributed by atoms with Gasteiger partial charge in [0.1, 0.15) is 17.7 Å². The molecule has 1 aliphatic rings. The van der Waals surface area contributed by atoms with Crippen LogP contribution in [0.25, 0.3) is 16.8 Å². The van der Waals surface area contributed by atoms with Crippen LogP contribution in [0.15, 0.2) is 12.7 Å². The van der Waals surface area contributed by atoms with Gasteiger partial charge in [0.2, 0.25) is 0 Å². The average Bonchev–Trinajstić information content (AvgIpc) is 3.14. The summed E-state index contributed by atoms with van der Waals surface area (Å²) in [5, 5.41) is 8.81. The molecule has 0 aromatic carbocycles. The molecule has 0 spiro atoms. The summed E-state index contributed by atoms with van der Waals surface area (Å²) in [7, 11) is 0. The van der Waals surface area contributed by atoms with Gasteiger partial charge in [-0.2, -0.15) is 0 Å². The molecule has 1 saturated carbocycles. The molecule has 110 valence electrons. The first-order chi connectivity index (χ1) is 10.2. The minimum atomic E-state index is -0.0820. The summed E-state index contributed by atoms with van der Waals surface area (Å²) in [5.41, 5.74) is 8.33. The van der Waals surface area contributed by atoms with E-state index in [1.165, 1.54) is 12.8 Å². The lowest BCUT2D eigenvalue weighted by Gasteiger charge is -2.36. The standard InChI is InChI=1S/C14H19N7/c1-9-2-4-14(6-15,5-3-9)13-20-19-12-10-11(17-7-16-10)18-8-21(12)13/h7-9H,2-6,15H2,1H3,(H,16,17). The van der Waals surface area contributed by atoms with Crippen LogP contribution in [-0.2, 0) is 5.41 Å². The molecular formula is C14H19N7. The molecule has 0 saturated heterocycles. The van der Waals surface area contributed by atoms with Crippen molar-refractivity contribution in [3.8, 4) is 0 Å². The Balaban J connectivity index is 1.89. The summed E-state index contributed by atoms with van der Waals surface area (Å²) in [5.74, 6) is 1.71. The van der Waals surface area contributed by atoms with Crippen molar-refractivity contribution >= 4 is 16.8 Å². The van der Waals surface area contributed by atoms with Gasteiger partial charge in [-0.15, -0.1) is 10.2 Å². The van der Waals surface area contributed by atoms with Crippen LogP contribution in [-0.4, -0.2) is 36.1 Å². The quantitative estimate of drug-likeness (QED) is 0.741. The Bertz CT molecular complexity index is 779. The fourth-order valence-electron chi connectivity index (χ4n) is 3.43. The number of fused-ring (bicyclic) bond motifs is 3. The fraction of sp³-hybridized carbons (Fsp3) is 0.571. The third-order valence-electron chi connectivity index (χ3n) is 4.93. The van der Waals surface area contributed by atoms with Crippen LogP contribution in [0.2, 0.25) is 0 Å².